The molecule has 1 unspecified atom stereocenters. The third-order valence-corrected chi connectivity index (χ3v) is 3.80. The van der Waals surface area contributed by atoms with Gasteiger partial charge in [-0.25, -0.2) is 4.39 Å². The molecular formula is C17H25ClFN. The van der Waals surface area contributed by atoms with Crippen molar-refractivity contribution in [2.24, 2.45) is 0 Å². The highest BCUT2D eigenvalue weighted by Gasteiger charge is 2.15. The number of halogens is 2. The molecule has 0 saturated carbocycles. The van der Waals surface area contributed by atoms with E-state index in [1.807, 2.05) is 12.1 Å². The van der Waals surface area contributed by atoms with E-state index in [2.05, 4.69) is 18.8 Å². The molecule has 112 valence electrons. The zero-order chi connectivity index (χ0) is 14.8. The molecular weight excluding hydrogens is 273 g/mol. The van der Waals surface area contributed by atoms with E-state index in [9.17, 15) is 4.39 Å². The lowest BCUT2D eigenvalue weighted by molar-refractivity contribution is 0.470. The van der Waals surface area contributed by atoms with Crippen molar-refractivity contribution in [3.8, 4) is 0 Å². The van der Waals surface area contributed by atoms with Gasteiger partial charge in [-0.3, -0.25) is 0 Å². The molecule has 1 N–H and O–H groups in total. The summed E-state index contributed by atoms with van der Waals surface area (Å²) >= 11 is 6.10. The fourth-order valence-electron chi connectivity index (χ4n) is 2.29. The summed E-state index contributed by atoms with van der Waals surface area (Å²) in [6, 6.07) is 5.20. The predicted molar refractivity (Wildman–Crippen MR) is 85.7 cm³/mol. The first-order valence-corrected chi connectivity index (χ1v) is 7.86. The lowest BCUT2D eigenvalue weighted by Gasteiger charge is -2.20. The zero-order valence-corrected chi connectivity index (χ0v) is 13.1. The van der Waals surface area contributed by atoms with Gasteiger partial charge < -0.3 is 5.32 Å². The van der Waals surface area contributed by atoms with Crippen LogP contribution in [0.3, 0.4) is 0 Å². The Hall–Kier alpha value is -0.860. The van der Waals surface area contributed by atoms with Gasteiger partial charge in [0.1, 0.15) is 5.82 Å². The summed E-state index contributed by atoms with van der Waals surface area (Å²) in [5.74, 6) is -0.334. The van der Waals surface area contributed by atoms with Crippen LogP contribution in [0.25, 0.3) is 0 Å². The van der Waals surface area contributed by atoms with Crippen LogP contribution in [-0.2, 0) is 0 Å². The Labute approximate surface area is 127 Å². The van der Waals surface area contributed by atoms with Crippen LogP contribution in [0.1, 0.15) is 57.1 Å². The summed E-state index contributed by atoms with van der Waals surface area (Å²) in [7, 11) is 0. The number of hydrogen-bond donors (Lipinski definition) is 1. The van der Waals surface area contributed by atoms with Gasteiger partial charge in [-0.05, 0) is 43.9 Å². The van der Waals surface area contributed by atoms with Gasteiger partial charge in [0.15, 0.2) is 0 Å². The maximum Gasteiger partial charge on any atom is 0.142 e. The van der Waals surface area contributed by atoms with Crippen LogP contribution in [0.15, 0.2) is 30.9 Å². The number of rotatable bonds is 10. The summed E-state index contributed by atoms with van der Waals surface area (Å²) in [5.41, 5.74) is 0.879. The van der Waals surface area contributed by atoms with Crippen molar-refractivity contribution in [2.75, 3.05) is 6.54 Å². The van der Waals surface area contributed by atoms with E-state index < -0.39 is 0 Å². The molecule has 1 aromatic carbocycles. The van der Waals surface area contributed by atoms with Crippen LogP contribution in [0.4, 0.5) is 4.39 Å². The Bertz CT molecular complexity index is 406. The summed E-state index contributed by atoms with van der Waals surface area (Å²) in [4.78, 5) is 0. The van der Waals surface area contributed by atoms with Gasteiger partial charge in [-0.1, -0.05) is 49.6 Å². The molecule has 0 saturated heterocycles. The minimum absolute atomic E-state index is 0.141. The maximum atomic E-state index is 13.6. The van der Waals surface area contributed by atoms with Crippen LogP contribution in [-0.4, -0.2) is 6.54 Å². The Morgan fingerprint density at radius 3 is 2.85 bits per heavy atom. The number of unbranched alkanes of at least 4 members (excludes halogenated alkanes) is 3. The monoisotopic (exact) mass is 297 g/mol. The third kappa shape index (κ3) is 5.64. The van der Waals surface area contributed by atoms with Gasteiger partial charge in [-0.2, -0.15) is 0 Å². The molecule has 0 spiro atoms. The molecule has 1 atom stereocenters. The standard InChI is InChI=1S/C17H25ClFN/c1-3-5-6-7-8-12-16(20-13-4-2)14-10-9-11-15(19)17(14)18/h3,9-11,16,20H,1,4-8,12-13H2,2H3. The molecule has 0 radical (unpaired) electrons. The average molecular weight is 298 g/mol. The molecule has 0 fully saturated rings. The lowest BCUT2D eigenvalue weighted by Crippen LogP contribution is -2.22. The van der Waals surface area contributed by atoms with E-state index in [0.29, 0.717) is 0 Å². The average Bonchev–Trinajstić information content (AvgIpc) is 2.45. The summed E-state index contributed by atoms with van der Waals surface area (Å²) in [6.07, 6.45) is 8.51. The Morgan fingerprint density at radius 2 is 2.15 bits per heavy atom. The summed E-state index contributed by atoms with van der Waals surface area (Å²) < 4.78 is 13.6. The molecule has 3 heteroatoms. The van der Waals surface area contributed by atoms with E-state index in [0.717, 1.165) is 37.8 Å². The molecule has 1 nitrogen and oxygen atoms in total. The first-order chi connectivity index (χ1) is 9.70. The van der Waals surface area contributed by atoms with Crippen molar-refractivity contribution in [3.63, 3.8) is 0 Å². The minimum atomic E-state index is -0.334. The predicted octanol–water partition coefficient (Wildman–Crippen LogP) is 5.66. The third-order valence-electron chi connectivity index (χ3n) is 3.40. The highest BCUT2D eigenvalue weighted by molar-refractivity contribution is 6.31. The van der Waals surface area contributed by atoms with E-state index in [-0.39, 0.29) is 16.9 Å². The fraction of sp³-hybridized carbons (Fsp3) is 0.529. The second-order valence-electron chi connectivity index (χ2n) is 5.08. The second kappa shape index (κ2) is 9.95. The zero-order valence-electron chi connectivity index (χ0n) is 12.3. The highest BCUT2D eigenvalue weighted by Crippen LogP contribution is 2.29. The number of allylic oxidation sites excluding steroid dienone is 1. The van der Waals surface area contributed by atoms with Crippen LogP contribution < -0.4 is 5.32 Å². The molecule has 0 bridgehead atoms. The number of nitrogens with one attached hydrogen (secondary N) is 1. The molecule has 20 heavy (non-hydrogen) atoms. The maximum absolute atomic E-state index is 13.6. The first-order valence-electron chi connectivity index (χ1n) is 7.48. The van der Waals surface area contributed by atoms with Gasteiger partial charge in [0.05, 0.1) is 5.02 Å². The second-order valence-corrected chi connectivity index (χ2v) is 5.45. The Morgan fingerprint density at radius 1 is 1.35 bits per heavy atom. The van der Waals surface area contributed by atoms with Crippen LogP contribution in [0, 0.1) is 5.82 Å². The van der Waals surface area contributed by atoms with Crippen LogP contribution in [0.2, 0.25) is 5.02 Å². The summed E-state index contributed by atoms with van der Waals surface area (Å²) in [5, 5.41) is 3.73. The van der Waals surface area contributed by atoms with Crippen molar-refractivity contribution in [2.45, 2.75) is 51.5 Å². The Balaban J connectivity index is 2.63. The molecule has 1 rings (SSSR count). The highest BCUT2D eigenvalue weighted by atomic mass is 35.5. The van der Waals surface area contributed by atoms with Gasteiger partial charge in [0.2, 0.25) is 0 Å². The van der Waals surface area contributed by atoms with E-state index in [1.54, 1.807) is 6.07 Å². The molecule has 0 aromatic heterocycles. The van der Waals surface area contributed by atoms with Gasteiger partial charge >= 0.3 is 0 Å². The van der Waals surface area contributed by atoms with E-state index in [4.69, 9.17) is 11.6 Å². The lowest BCUT2D eigenvalue weighted by atomic mass is 9.99. The molecule has 0 amide bonds. The largest absolute Gasteiger partial charge is 0.310 e. The van der Waals surface area contributed by atoms with Gasteiger partial charge in [0.25, 0.3) is 0 Å². The molecule has 0 aliphatic carbocycles. The van der Waals surface area contributed by atoms with Crippen molar-refractivity contribution in [1.29, 1.82) is 0 Å². The van der Waals surface area contributed by atoms with Gasteiger partial charge in [0, 0.05) is 6.04 Å². The van der Waals surface area contributed by atoms with Crippen molar-refractivity contribution in [1.82, 2.24) is 5.32 Å². The fourth-order valence-corrected chi connectivity index (χ4v) is 2.55. The van der Waals surface area contributed by atoms with Crippen LogP contribution in [0.5, 0.6) is 0 Å². The Kier molecular flexibility index (Phi) is 8.56. The smallest absolute Gasteiger partial charge is 0.142 e. The number of hydrogen-bond acceptors (Lipinski definition) is 1. The molecule has 0 heterocycles. The van der Waals surface area contributed by atoms with E-state index >= 15 is 0 Å². The normalized spacial score (nSPS) is 12.3. The van der Waals surface area contributed by atoms with Gasteiger partial charge in [-0.15, -0.1) is 6.58 Å². The quantitative estimate of drug-likeness (QED) is 0.434. The van der Waals surface area contributed by atoms with Crippen molar-refractivity contribution >= 4 is 11.6 Å². The number of benzene rings is 1. The first kappa shape index (κ1) is 17.2. The molecule has 0 aliphatic heterocycles. The van der Waals surface area contributed by atoms with E-state index in [1.165, 1.54) is 18.9 Å². The van der Waals surface area contributed by atoms with Crippen LogP contribution >= 0.6 is 11.6 Å². The molecule has 0 aliphatic rings. The minimum Gasteiger partial charge on any atom is -0.310 e. The topological polar surface area (TPSA) is 12.0 Å². The van der Waals surface area contributed by atoms with Crippen molar-refractivity contribution < 1.29 is 4.39 Å². The summed E-state index contributed by atoms with van der Waals surface area (Å²) in [6.45, 7) is 6.78. The molecule has 1 aromatic rings. The SMILES string of the molecule is C=CCCCCCC(NCCC)c1cccc(F)c1Cl. The van der Waals surface area contributed by atoms with Crippen molar-refractivity contribution in [3.05, 3.63) is 47.3 Å².